The standard InChI is InChI=1S/C17H13Cl2F2NO3/c1-9(11-6-5-10(18)7-12(11)19)22-15(23)8-25-17(24)16-13(20)3-2-4-14(16)21/h2-7,9H,8H2,1H3,(H,22,23)/t9-/m0/s1. The highest BCUT2D eigenvalue weighted by Gasteiger charge is 2.20. The molecule has 2 aromatic rings. The number of nitrogens with one attached hydrogen (secondary N) is 1. The lowest BCUT2D eigenvalue weighted by Crippen LogP contribution is -2.31. The SMILES string of the molecule is C[C@H](NC(=O)COC(=O)c1c(F)cccc1F)c1ccc(Cl)cc1Cl. The fraction of sp³-hybridized carbons (Fsp3) is 0.176. The Balaban J connectivity index is 1.95. The van der Waals surface area contributed by atoms with E-state index in [-0.39, 0.29) is 0 Å². The van der Waals surface area contributed by atoms with E-state index in [2.05, 4.69) is 10.1 Å². The predicted molar refractivity (Wildman–Crippen MR) is 89.7 cm³/mol. The summed E-state index contributed by atoms with van der Waals surface area (Å²) < 4.78 is 31.6. The van der Waals surface area contributed by atoms with Crippen molar-refractivity contribution in [1.82, 2.24) is 5.32 Å². The van der Waals surface area contributed by atoms with Gasteiger partial charge in [0.1, 0.15) is 17.2 Å². The molecule has 0 unspecified atom stereocenters. The number of halogens is 4. The Labute approximate surface area is 152 Å². The van der Waals surface area contributed by atoms with Crippen LogP contribution >= 0.6 is 23.2 Å². The van der Waals surface area contributed by atoms with Gasteiger partial charge in [-0.15, -0.1) is 0 Å². The number of benzene rings is 2. The van der Waals surface area contributed by atoms with Crippen LogP contribution < -0.4 is 5.32 Å². The molecule has 0 aliphatic rings. The molecule has 0 aliphatic carbocycles. The molecule has 0 aliphatic heterocycles. The molecule has 2 aromatic carbocycles. The molecule has 0 radical (unpaired) electrons. The molecule has 0 heterocycles. The number of hydrogen-bond donors (Lipinski definition) is 1. The van der Waals surface area contributed by atoms with E-state index in [0.717, 1.165) is 18.2 Å². The monoisotopic (exact) mass is 387 g/mol. The molecule has 0 saturated heterocycles. The summed E-state index contributed by atoms with van der Waals surface area (Å²) in [5.74, 6) is -4.04. The summed E-state index contributed by atoms with van der Waals surface area (Å²) in [6.45, 7) is 0.980. The second-order valence-electron chi connectivity index (χ2n) is 5.13. The van der Waals surface area contributed by atoms with Crippen molar-refractivity contribution >= 4 is 35.1 Å². The maximum Gasteiger partial charge on any atom is 0.344 e. The van der Waals surface area contributed by atoms with Crippen molar-refractivity contribution in [1.29, 1.82) is 0 Å². The van der Waals surface area contributed by atoms with Gasteiger partial charge in [0.2, 0.25) is 0 Å². The Kier molecular flexibility index (Phi) is 6.33. The fourth-order valence-corrected chi connectivity index (χ4v) is 2.68. The molecule has 132 valence electrons. The van der Waals surface area contributed by atoms with Crippen molar-refractivity contribution in [3.8, 4) is 0 Å². The highest BCUT2D eigenvalue weighted by molar-refractivity contribution is 6.35. The van der Waals surface area contributed by atoms with E-state index in [4.69, 9.17) is 23.2 Å². The first-order chi connectivity index (χ1) is 11.8. The van der Waals surface area contributed by atoms with Gasteiger partial charge in [-0.3, -0.25) is 4.79 Å². The number of esters is 1. The molecular formula is C17H13Cl2F2NO3. The van der Waals surface area contributed by atoms with Crippen LogP contribution in [0, 0.1) is 11.6 Å². The summed E-state index contributed by atoms with van der Waals surface area (Å²) in [5, 5.41) is 3.38. The molecule has 1 atom stereocenters. The zero-order chi connectivity index (χ0) is 18.6. The van der Waals surface area contributed by atoms with Crippen LogP contribution in [0.5, 0.6) is 0 Å². The van der Waals surface area contributed by atoms with Crippen molar-refractivity contribution < 1.29 is 23.1 Å². The average molecular weight is 388 g/mol. The zero-order valence-corrected chi connectivity index (χ0v) is 14.5. The topological polar surface area (TPSA) is 55.4 Å². The molecule has 25 heavy (non-hydrogen) atoms. The van der Waals surface area contributed by atoms with Crippen molar-refractivity contribution in [2.24, 2.45) is 0 Å². The molecular weight excluding hydrogens is 375 g/mol. The minimum absolute atomic E-state index is 0.366. The van der Waals surface area contributed by atoms with Gasteiger partial charge in [0.15, 0.2) is 6.61 Å². The van der Waals surface area contributed by atoms with E-state index < -0.39 is 41.7 Å². The first-order valence-electron chi connectivity index (χ1n) is 7.15. The van der Waals surface area contributed by atoms with Crippen LogP contribution in [0.4, 0.5) is 8.78 Å². The maximum atomic E-state index is 13.5. The molecule has 0 spiro atoms. The number of hydrogen-bond acceptors (Lipinski definition) is 3. The molecule has 0 bridgehead atoms. The molecule has 2 rings (SSSR count). The summed E-state index contributed by atoms with van der Waals surface area (Å²) in [5.41, 5.74) is -0.227. The first kappa shape index (κ1) is 19.1. The van der Waals surface area contributed by atoms with Gasteiger partial charge in [0, 0.05) is 10.0 Å². The van der Waals surface area contributed by atoms with Gasteiger partial charge in [-0.25, -0.2) is 13.6 Å². The Morgan fingerprint density at radius 3 is 2.40 bits per heavy atom. The van der Waals surface area contributed by atoms with Crippen LogP contribution in [0.2, 0.25) is 10.0 Å². The van der Waals surface area contributed by atoms with Gasteiger partial charge >= 0.3 is 5.97 Å². The zero-order valence-electron chi connectivity index (χ0n) is 13.0. The van der Waals surface area contributed by atoms with Gasteiger partial charge in [0.25, 0.3) is 5.91 Å². The van der Waals surface area contributed by atoms with E-state index >= 15 is 0 Å². The molecule has 0 fully saturated rings. The third-order valence-corrected chi connectivity index (χ3v) is 3.87. The van der Waals surface area contributed by atoms with Crippen LogP contribution in [0.25, 0.3) is 0 Å². The van der Waals surface area contributed by atoms with Crippen molar-refractivity contribution in [2.75, 3.05) is 6.61 Å². The Hall–Kier alpha value is -2.18. The predicted octanol–water partition coefficient (Wildman–Crippen LogP) is 4.31. The smallest absolute Gasteiger partial charge is 0.344 e. The van der Waals surface area contributed by atoms with Crippen LogP contribution in [0.3, 0.4) is 0 Å². The maximum absolute atomic E-state index is 13.5. The van der Waals surface area contributed by atoms with Gasteiger partial charge in [-0.05, 0) is 36.8 Å². The second kappa shape index (κ2) is 8.27. The molecule has 0 aromatic heterocycles. The van der Waals surface area contributed by atoms with Crippen molar-refractivity contribution in [2.45, 2.75) is 13.0 Å². The van der Waals surface area contributed by atoms with Gasteiger partial charge in [-0.2, -0.15) is 0 Å². The second-order valence-corrected chi connectivity index (χ2v) is 5.97. The Morgan fingerprint density at radius 1 is 1.16 bits per heavy atom. The first-order valence-corrected chi connectivity index (χ1v) is 7.90. The molecule has 1 N–H and O–H groups in total. The minimum Gasteiger partial charge on any atom is -0.452 e. The van der Waals surface area contributed by atoms with Crippen LogP contribution in [-0.2, 0) is 9.53 Å². The molecule has 0 saturated carbocycles. The number of carbonyl (C=O) groups is 2. The minimum atomic E-state index is -1.26. The van der Waals surface area contributed by atoms with Crippen molar-refractivity contribution in [3.05, 3.63) is 69.2 Å². The number of amides is 1. The van der Waals surface area contributed by atoms with E-state index in [1.165, 1.54) is 6.07 Å². The Morgan fingerprint density at radius 2 is 1.80 bits per heavy atom. The summed E-state index contributed by atoms with van der Waals surface area (Å²) in [4.78, 5) is 23.6. The summed E-state index contributed by atoms with van der Waals surface area (Å²) in [6, 6.07) is 7.27. The van der Waals surface area contributed by atoms with Gasteiger partial charge in [0.05, 0.1) is 6.04 Å². The fourth-order valence-electron chi connectivity index (χ4n) is 2.11. The lowest BCUT2D eigenvalue weighted by molar-refractivity contribution is -0.124. The van der Waals surface area contributed by atoms with Gasteiger partial charge < -0.3 is 10.1 Å². The normalized spacial score (nSPS) is 11.7. The van der Waals surface area contributed by atoms with E-state index in [0.29, 0.717) is 15.6 Å². The van der Waals surface area contributed by atoms with Crippen LogP contribution in [-0.4, -0.2) is 18.5 Å². The summed E-state index contributed by atoms with van der Waals surface area (Å²) >= 11 is 11.9. The third kappa shape index (κ3) is 4.90. The number of rotatable bonds is 5. The Bertz CT molecular complexity index is 794. The van der Waals surface area contributed by atoms with E-state index in [9.17, 15) is 18.4 Å². The van der Waals surface area contributed by atoms with E-state index in [1.807, 2.05) is 0 Å². The average Bonchev–Trinajstić information content (AvgIpc) is 2.52. The summed E-state index contributed by atoms with van der Waals surface area (Å²) in [7, 11) is 0. The van der Waals surface area contributed by atoms with Crippen LogP contribution in [0.15, 0.2) is 36.4 Å². The van der Waals surface area contributed by atoms with E-state index in [1.54, 1.807) is 19.1 Å². The largest absolute Gasteiger partial charge is 0.452 e. The molecule has 8 heteroatoms. The molecule has 1 amide bonds. The summed E-state index contributed by atoms with van der Waals surface area (Å²) in [6.07, 6.45) is 0. The lowest BCUT2D eigenvalue weighted by Gasteiger charge is -2.16. The number of ether oxygens (including phenoxy) is 1. The highest BCUT2D eigenvalue weighted by Crippen LogP contribution is 2.26. The van der Waals surface area contributed by atoms with Crippen LogP contribution in [0.1, 0.15) is 28.9 Å². The number of carbonyl (C=O) groups excluding carboxylic acids is 2. The lowest BCUT2D eigenvalue weighted by atomic mass is 10.1. The third-order valence-electron chi connectivity index (χ3n) is 3.31. The van der Waals surface area contributed by atoms with Crippen molar-refractivity contribution in [3.63, 3.8) is 0 Å². The molecule has 4 nitrogen and oxygen atoms in total. The quantitative estimate of drug-likeness (QED) is 0.777. The van der Waals surface area contributed by atoms with Gasteiger partial charge in [-0.1, -0.05) is 35.3 Å². The highest BCUT2D eigenvalue weighted by atomic mass is 35.5.